The van der Waals surface area contributed by atoms with Gasteiger partial charge < -0.3 is 10.8 Å². The maximum atomic E-state index is 10.0. The summed E-state index contributed by atoms with van der Waals surface area (Å²) in [5.74, 6) is 0.635. The van der Waals surface area contributed by atoms with Gasteiger partial charge in [0.1, 0.15) is 0 Å². The summed E-state index contributed by atoms with van der Waals surface area (Å²) in [6, 6.07) is 8.30. The van der Waals surface area contributed by atoms with E-state index in [1.807, 2.05) is 26.0 Å². The Morgan fingerprint density at radius 1 is 1.05 bits per heavy atom. The van der Waals surface area contributed by atoms with Crippen LogP contribution < -0.4 is 5.73 Å². The van der Waals surface area contributed by atoms with Crippen LogP contribution in [0.4, 0.5) is 0 Å². The van der Waals surface area contributed by atoms with Crippen LogP contribution in [0.25, 0.3) is 0 Å². The standard InChI is InChI=1S/C17H29NO/c1-12(2)16(19)14-8-6-13(7-9-14)15(11-18)10-17(3,4)5/h6-9,12,15-16,19H,10-11,18H2,1-5H3. The molecule has 1 rings (SSSR count). The summed E-state index contributed by atoms with van der Waals surface area (Å²) in [5, 5.41) is 10.0. The molecule has 19 heavy (non-hydrogen) atoms. The highest BCUT2D eigenvalue weighted by molar-refractivity contribution is 5.27. The Labute approximate surface area is 118 Å². The first kappa shape index (κ1) is 16.2. The molecular weight excluding hydrogens is 234 g/mol. The van der Waals surface area contributed by atoms with E-state index in [9.17, 15) is 5.11 Å². The molecule has 0 saturated heterocycles. The fourth-order valence-corrected chi connectivity index (χ4v) is 2.43. The molecule has 0 aliphatic carbocycles. The molecular formula is C17H29NO. The molecule has 0 radical (unpaired) electrons. The van der Waals surface area contributed by atoms with Crippen LogP contribution in [-0.2, 0) is 0 Å². The van der Waals surface area contributed by atoms with Gasteiger partial charge in [0.05, 0.1) is 6.10 Å². The van der Waals surface area contributed by atoms with E-state index in [1.54, 1.807) is 0 Å². The Balaban J connectivity index is 2.84. The quantitative estimate of drug-likeness (QED) is 0.847. The number of benzene rings is 1. The Kier molecular flexibility index (Phi) is 5.57. The second-order valence-corrected chi connectivity index (χ2v) is 7.05. The molecule has 2 atom stereocenters. The lowest BCUT2D eigenvalue weighted by Crippen LogP contribution is -2.19. The number of hydrogen-bond donors (Lipinski definition) is 2. The van der Waals surface area contributed by atoms with Crippen LogP contribution in [0.15, 0.2) is 24.3 Å². The van der Waals surface area contributed by atoms with E-state index in [2.05, 4.69) is 32.9 Å². The van der Waals surface area contributed by atoms with Crippen molar-refractivity contribution in [3.05, 3.63) is 35.4 Å². The lowest BCUT2D eigenvalue weighted by Gasteiger charge is -2.25. The van der Waals surface area contributed by atoms with Crippen LogP contribution in [0.2, 0.25) is 0 Å². The number of rotatable bonds is 5. The highest BCUT2D eigenvalue weighted by Crippen LogP contribution is 2.31. The number of hydrogen-bond acceptors (Lipinski definition) is 2. The normalized spacial score (nSPS) is 15.6. The molecule has 0 amide bonds. The Hall–Kier alpha value is -0.860. The van der Waals surface area contributed by atoms with Crippen LogP contribution in [0.1, 0.15) is 64.2 Å². The molecule has 0 fully saturated rings. The summed E-state index contributed by atoms with van der Waals surface area (Å²) in [4.78, 5) is 0. The molecule has 0 heterocycles. The van der Waals surface area contributed by atoms with Gasteiger partial charge in [-0.1, -0.05) is 58.9 Å². The smallest absolute Gasteiger partial charge is 0.0812 e. The van der Waals surface area contributed by atoms with E-state index < -0.39 is 0 Å². The molecule has 0 saturated carbocycles. The van der Waals surface area contributed by atoms with Gasteiger partial charge in [0, 0.05) is 0 Å². The van der Waals surface area contributed by atoms with Gasteiger partial charge in [-0.05, 0) is 41.3 Å². The SMILES string of the molecule is CC(C)C(O)c1ccc(C(CN)CC(C)(C)C)cc1. The Bertz CT molecular complexity index is 375. The average molecular weight is 263 g/mol. The third-order valence-electron chi connectivity index (χ3n) is 3.52. The first-order valence-electron chi connectivity index (χ1n) is 7.22. The molecule has 1 aromatic carbocycles. The summed E-state index contributed by atoms with van der Waals surface area (Å²) in [6.07, 6.45) is 0.697. The van der Waals surface area contributed by atoms with Crippen LogP contribution in [0, 0.1) is 11.3 Å². The molecule has 1 aromatic rings. The van der Waals surface area contributed by atoms with Crippen molar-refractivity contribution in [3.63, 3.8) is 0 Å². The highest BCUT2D eigenvalue weighted by atomic mass is 16.3. The fourth-order valence-electron chi connectivity index (χ4n) is 2.43. The molecule has 2 heteroatoms. The van der Waals surface area contributed by atoms with Gasteiger partial charge in [-0.25, -0.2) is 0 Å². The largest absolute Gasteiger partial charge is 0.388 e. The van der Waals surface area contributed by atoms with Crippen molar-refractivity contribution in [1.82, 2.24) is 0 Å². The van der Waals surface area contributed by atoms with Crippen molar-refractivity contribution >= 4 is 0 Å². The van der Waals surface area contributed by atoms with Crippen LogP contribution in [0.3, 0.4) is 0 Å². The fraction of sp³-hybridized carbons (Fsp3) is 0.647. The Morgan fingerprint density at radius 3 is 1.89 bits per heavy atom. The van der Waals surface area contributed by atoms with Crippen LogP contribution in [0.5, 0.6) is 0 Å². The lowest BCUT2D eigenvalue weighted by molar-refractivity contribution is 0.127. The predicted molar refractivity (Wildman–Crippen MR) is 82.1 cm³/mol. The van der Waals surface area contributed by atoms with Crippen molar-refractivity contribution in [2.75, 3.05) is 6.54 Å². The molecule has 0 aliphatic heterocycles. The monoisotopic (exact) mass is 263 g/mol. The van der Waals surface area contributed by atoms with E-state index in [0.29, 0.717) is 12.5 Å². The molecule has 0 bridgehead atoms. The second-order valence-electron chi connectivity index (χ2n) is 7.05. The minimum atomic E-state index is -0.381. The van der Waals surface area contributed by atoms with Gasteiger partial charge in [0.15, 0.2) is 0 Å². The second kappa shape index (κ2) is 6.53. The topological polar surface area (TPSA) is 46.2 Å². The van der Waals surface area contributed by atoms with Crippen LogP contribution in [-0.4, -0.2) is 11.7 Å². The minimum Gasteiger partial charge on any atom is -0.388 e. The summed E-state index contributed by atoms with van der Waals surface area (Å²) < 4.78 is 0. The van der Waals surface area contributed by atoms with Crippen molar-refractivity contribution < 1.29 is 5.11 Å². The molecule has 3 N–H and O–H groups in total. The summed E-state index contributed by atoms with van der Waals surface area (Å²) in [5.41, 5.74) is 8.45. The molecule has 0 aromatic heterocycles. The molecule has 0 spiro atoms. The zero-order valence-electron chi connectivity index (χ0n) is 13.0. The summed E-state index contributed by atoms with van der Waals surface area (Å²) in [6.45, 7) is 11.5. The zero-order valence-corrected chi connectivity index (χ0v) is 13.0. The molecule has 0 aliphatic rings. The predicted octanol–water partition coefficient (Wildman–Crippen LogP) is 3.85. The Morgan fingerprint density at radius 2 is 1.53 bits per heavy atom. The molecule has 2 unspecified atom stereocenters. The number of aliphatic hydroxyl groups is 1. The summed E-state index contributed by atoms with van der Waals surface area (Å²) >= 11 is 0. The van der Waals surface area contributed by atoms with Gasteiger partial charge in [-0.2, -0.15) is 0 Å². The number of nitrogens with two attached hydrogens (primary N) is 1. The maximum absolute atomic E-state index is 10.0. The molecule has 108 valence electrons. The first-order valence-corrected chi connectivity index (χ1v) is 7.22. The van der Waals surface area contributed by atoms with Gasteiger partial charge >= 0.3 is 0 Å². The average Bonchev–Trinajstić information content (AvgIpc) is 2.34. The van der Waals surface area contributed by atoms with E-state index >= 15 is 0 Å². The highest BCUT2D eigenvalue weighted by Gasteiger charge is 2.19. The van der Waals surface area contributed by atoms with Crippen molar-refractivity contribution in [2.45, 2.75) is 53.1 Å². The van der Waals surface area contributed by atoms with Gasteiger partial charge in [-0.15, -0.1) is 0 Å². The van der Waals surface area contributed by atoms with Crippen molar-refractivity contribution in [3.8, 4) is 0 Å². The third kappa shape index (κ3) is 4.96. The minimum absolute atomic E-state index is 0.241. The third-order valence-corrected chi connectivity index (χ3v) is 3.52. The van der Waals surface area contributed by atoms with E-state index in [0.717, 1.165) is 12.0 Å². The lowest BCUT2D eigenvalue weighted by atomic mass is 9.81. The van der Waals surface area contributed by atoms with Gasteiger partial charge in [0.2, 0.25) is 0 Å². The van der Waals surface area contributed by atoms with E-state index in [4.69, 9.17) is 5.73 Å². The first-order chi connectivity index (χ1) is 8.74. The van der Waals surface area contributed by atoms with E-state index in [-0.39, 0.29) is 17.4 Å². The maximum Gasteiger partial charge on any atom is 0.0812 e. The zero-order chi connectivity index (χ0) is 14.6. The van der Waals surface area contributed by atoms with Gasteiger partial charge in [0.25, 0.3) is 0 Å². The van der Waals surface area contributed by atoms with Crippen molar-refractivity contribution in [2.24, 2.45) is 17.1 Å². The summed E-state index contributed by atoms with van der Waals surface area (Å²) in [7, 11) is 0. The molecule has 2 nitrogen and oxygen atoms in total. The van der Waals surface area contributed by atoms with Crippen LogP contribution >= 0.6 is 0 Å². The van der Waals surface area contributed by atoms with Gasteiger partial charge in [-0.3, -0.25) is 0 Å². The number of aliphatic hydroxyl groups excluding tert-OH is 1. The van der Waals surface area contributed by atoms with Crippen molar-refractivity contribution in [1.29, 1.82) is 0 Å². The van der Waals surface area contributed by atoms with E-state index in [1.165, 1.54) is 5.56 Å².